The third-order valence-electron chi connectivity index (χ3n) is 4.60. The van der Waals surface area contributed by atoms with Gasteiger partial charge in [-0.1, -0.05) is 13.8 Å². The molecule has 25 heavy (non-hydrogen) atoms. The number of nitro groups is 1. The molecule has 1 aliphatic heterocycles. The monoisotopic (exact) mass is 349 g/mol. The molecule has 6 heteroatoms. The van der Waals surface area contributed by atoms with Crippen LogP contribution in [0.4, 0.5) is 11.4 Å². The molecule has 1 aromatic rings. The molecule has 2 rings (SSSR count). The predicted octanol–water partition coefficient (Wildman–Crippen LogP) is 4.09. The Morgan fingerprint density at radius 1 is 1.12 bits per heavy atom. The Hall–Kier alpha value is -1.82. The molecule has 140 valence electrons. The maximum atomic E-state index is 11.5. The quantitative estimate of drug-likeness (QED) is 0.470. The van der Waals surface area contributed by atoms with Crippen molar-refractivity contribution in [2.24, 2.45) is 0 Å². The molecule has 1 saturated heterocycles. The minimum Gasteiger partial charge on any atom is -0.492 e. The smallest absolute Gasteiger partial charge is 0.296 e. The summed E-state index contributed by atoms with van der Waals surface area (Å²) in [6.07, 6.45) is 5.64. The van der Waals surface area contributed by atoms with Gasteiger partial charge in [0.1, 0.15) is 18.0 Å². The van der Waals surface area contributed by atoms with Crippen LogP contribution in [0.1, 0.15) is 46.0 Å². The van der Waals surface area contributed by atoms with E-state index >= 15 is 0 Å². The van der Waals surface area contributed by atoms with Gasteiger partial charge in [-0.25, -0.2) is 0 Å². The number of nitrogens with zero attached hydrogens (tertiary/aromatic N) is 3. The van der Waals surface area contributed by atoms with E-state index in [0.29, 0.717) is 12.4 Å². The van der Waals surface area contributed by atoms with Gasteiger partial charge in [-0.2, -0.15) is 0 Å². The van der Waals surface area contributed by atoms with Crippen molar-refractivity contribution in [2.45, 2.75) is 46.0 Å². The van der Waals surface area contributed by atoms with Crippen molar-refractivity contribution in [2.75, 3.05) is 44.2 Å². The Morgan fingerprint density at radius 2 is 1.80 bits per heavy atom. The summed E-state index contributed by atoms with van der Waals surface area (Å²) in [7, 11) is 0. The third kappa shape index (κ3) is 5.88. The van der Waals surface area contributed by atoms with E-state index in [2.05, 4.69) is 23.6 Å². The lowest BCUT2D eigenvalue weighted by Gasteiger charge is -2.28. The minimum absolute atomic E-state index is 0.151. The van der Waals surface area contributed by atoms with Gasteiger partial charge in [0.05, 0.1) is 11.0 Å². The summed E-state index contributed by atoms with van der Waals surface area (Å²) in [6.45, 7) is 9.66. The van der Waals surface area contributed by atoms with Crippen LogP contribution in [-0.4, -0.2) is 49.2 Å². The van der Waals surface area contributed by atoms with Crippen LogP contribution >= 0.6 is 0 Å². The van der Waals surface area contributed by atoms with Gasteiger partial charge in [0.25, 0.3) is 5.69 Å². The van der Waals surface area contributed by atoms with Crippen molar-refractivity contribution < 1.29 is 9.66 Å². The Balaban J connectivity index is 1.99. The van der Waals surface area contributed by atoms with Gasteiger partial charge in [-0.3, -0.25) is 15.0 Å². The van der Waals surface area contributed by atoms with Crippen molar-refractivity contribution in [3.05, 3.63) is 28.3 Å². The van der Waals surface area contributed by atoms with Crippen molar-refractivity contribution in [1.82, 2.24) is 4.90 Å². The zero-order valence-corrected chi connectivity index (χ0v) is 15.6. The molecular weight excluding hydrogens is 318 g/mol. The summed E-state index contributed by atoms with van der Waals surface area (Å²) in [6, 6.07) is 5.28. The van der Waals surface area contributed by atoms with E-state index in [9.17, 15) is 10.1 Å². The topological polar surface area (TPSA) is 58.8 Å². The van der Waals surface area contributed by atoms with Crippen molar-refractivity contribution in [3.8, 4) is 5.75 Å². The molecule has 0 atom stereocenters. The number of piperidine rings is 1. The van der Waals surface area contributed by atoms with Crippen molar-refractivity contribution >= 4 is 11.4 Å². The van der Waals surface area contributed by atoms with E-state index in [4.69, 9.17) is 4.74 Å². The van der Waals surface area contributed by atoms with Gasteiger partial charge in [0, 0.05) is 19.6 Å². The van der Waals surface area contributed by atoms with Crippen molar-refractivity contribution in [1.29, 1.82) is 0 Å². The summed E-state index contributed by atoms with van der Waals surface area (Å²) < 4.78 is 5.80. The Morgan fingerprint density at radius 3 is 2.40 bits per heavy atom. The second-order valence-corrected chi connectivity index (χ2v) is 6.65. The highest BCUT2D eigenvalue weighted by Gasteiger charge is 2.22. The lowest BCUT2D eigenvalue weighted by Crippen LogP contribution is -2.30. The minimum atomic E-state index is -0.294. The van der Waals surface area contributed by atoms with E-state index in [1.165, 1.54) is 6.42 Å². The highest BCUT2D eigenvalue weighted by Crippen LogP contribution is 2.33. The van der Waals surface area contributed by atoms with Gasteiger partial charge in [0.2, 0.25) is 0 Å². The fraction of sp³-hybridized carbons (Fsp3) is 0.684. The Kier molecular flexibility index (Phi) is 7.98. The van der Waals surface area contributed by atoms with Gasteiger partial charge in [0.15, 0.2) is 0 Å². The maximum Gasteiger partial charge on any atom is 0.296 e. The predicted molar refractivity (Wildman–Crippen MR) is 102 cm³/mol. The Bertz CT molecular complexity index is 539. The summed E-state index contributed by atoms with van der Waals surface area (Å²) in [5, 5.41) is 11.5. The van der Waals surface area contributed by atoms with Gasteiger partial charge >= 0.3 is 0 Å². The fourth-order valence-electron chi connectivity index (χ4n) is 3.40. The molecule has 0 N–H and O–H groups in total. The third-order valence-corrected chi connectivity index (χ3v) is 4.60. The lowest BCUT2D eigenvalue weighted by molar-refractivity contribution is -0.384. The summed E-state index contributed by atoms with van der Waals surface area (Å²) >= 11 is 0. The van der Waals surface area contributed by atoms with Crippen LogP contribution < -0.4 is 9.64 Å². The van der Waals surface area contributed by atoms with Crippen LogP contribution in [0.15, 0.2) is 18.2 Å². The number of hydrogen-bond acceptors (Lipinski definition) is 5. The molecule has 0 bridgehead atoms. The summed E-state index contributed by atoms with van der Waals surface area (Å²) in [4.78, 5) is 15.7. The number of anilines is 1. The molecule has 0 aliphatic carbocycles. The second kappa shape index (κ2) is 10.2. The van der Waals surface area contributed by atoms with Crippen LogP contribution in [0, 0.1) is 10.1 Å². The number of rotatable bonds is 10. The lowest BCUT2D eigenvalue weighted by atomic mass is 10.1. The first-order valence-corrected chi connectivity index (χ1v) is 9.54. The molecule has 1 aliphatic rings. The molecule has 1 aromatic carbocycles. The molecule has 0 radical (unpaired) electrons. The average molecular weight is 349 g/mol. The first-order chi connectivity index (χ1) is 12.2. The second-order valence-electron chi connectivity index (χ2n) is 6.65. The van der Waals surface area contributed by atoms with Crippen LogP contribution in [0.3, 0.4) is 0 Å². The van der Waals surface area contributed by atoms with Gasteiger partial charge in [-0.15, -0.1) is 0 Å². The normalized spacial score (nSPS) is 14.8. The molecule has 6 nitrogen and oxygen atoms in total. The zero-order chi connectivity index (χ0) is 18.1. The first kappa shape index (κ1) is 19.5. The number of nitro benzene ring substituents is 1. The van der Waals surface area contributed by atoms with Crippen LogP contribution in [0.2, 0.25) is 0 Å². The first-order valence-electron chi connectivity index (χ1n) is 9.54. The highest BCUT2D eigenvalue weighted by molar-refractivity contribution is 5.65. The van der Waals surface area contributed by atoms with E-state index in [0.717, 1.165) is 64.1 Å². The zero-order valence-electron chi connectivity index (χ0n) is 15.6. The molecule has 0 spiro atoms. The summed E-state index contributed by atoms with van der Waals surface area (Å²) in [5.74, 6) is 0.584. The average Bonchev–Trinajstić information content (AvgIpc) is 2.62. The van der Waals surface area contributed by atoms with E-state index in [1.54, 1.807) is 6.07 Å². The highest BCUT2D eigenvalue weighted by atomic mass is 16.6. The number of benzene rings is 1. The standard InChI is InChI=1S/C19H31N3O3/c1-3-10-20(11-4-2)14-15-25-17-8-9-18(19(16-17)22(23)24)21-12-6-5-7-13-21/h8-9,16H,3-7,10-15H2,1-2H3. The largest absolute Gasteiger partial charge is 0.492 e. The van der Waals surface area contributed by atoms with Crippen LogP contribution in [0.25, 0.3) is 0 Å². The molecule has 0 amide bonds. The Labute approximate surface area is 150 Å². The maximum absolute atomic E-state index is 11.5. The molecule has 0 saturated carbocycles. The van der Waals surface area contributed by atoms with E-state index in [1.807, 2.05) is 12.1 Å². The molecule has 0 unspecified atom stereocenters. The van der Waals surface area contributed by atoms with E-state index < -0.39 is 0 Å². The number of hydrogen-bond donors (Lipinski definition) is 0. The SMILES string of the molecule is CCCN(CCC)CCOc1ccc(N2CCCCC2)c([N+](=O)[O-])c1. The number of ether oxygens (including phenoxy) is 1. The van der Waals surface area contributed by atoms with Gasteiger partial charge < -0.3 is 9.64 Å². The van der Waals surface area contributed by atoms with Gasteiger partial charge in [-0.05, 0) is 57.3 Å². The van der Waals surface area contributed by atoms with Crippen LogP contribution in [0.5, 0.6) is 5.75 Å². The molecule has 1 fully saturated rings. The summed E-state index contributed by atoms with van der Waals surface area (Å²) in [5.41, 5.74) is 0.869. The molecule has 0 aromatic heterocycles. The van der Waals surface area contributed by atoms with Crippen LogP contribution in [-0.2, 0) is 0 Å². The van der Waals surface area contributed by atoms with Crippen molar-refractivity contribution in [3.63, 3.8) is 0 Å². The molecular formula is C19H31N3O3. The van der Waals surface area contributed by atoms with E-state index in [-0.39, 0.29) is 10.6 Å². The fourth-order valence-corrected chi connectivity index (χ4v) is 3.40. The molecule has 1 heterocycles.